The Kier molecular flexibility index (Phi) is 5.06. The van der Waals surface area contributed by atoms with Crippen LogP contribution < -0.4 is 10.1 Å². The van der Waals surface area contributed by atoms with Crippen LogP contribution in [0.5, 0.6) is 5.75 Å². The Morgan fingerprint density at radius 1 is 1.11 bits per heavy atom. The summed E-state index contributed by atoms with van der Waals surface area (Å²) in [6, 6.07) is 10.1. The van der Waals surface area contributed by atoms with Gasteiger partial charge in [0.05, 0.1) is 6.61 Å². The summed E-state index contributed by atoms with van der Waals surface area (Å²) in [7, 11) is 0. The van der Waals surface area contributed by atoms with Gasteiger partial charge in [0.2, 0.25) is 0 Å². The van der Waals surface area contributed by atoms with E-state index in [0.717, 1.165) is 25.3 Å². The van der Waals surface area contributed by atoms with Gasteiger partial charge in [-0.25, -0.2) is 0 Å². The normalized spacial score (nSPS) is 18.5. The molecule has 1 aromatic carbocycles. The highest BCUT2D eigenvalue weighted by molar-refractivity contribution is 5.20. The summed E-state index contributed by atoms with van der Waals surface area (Å²) < 4.78 is 5.69. The number of para-hydroxylation sites is 1. The summed E-state index contributed by atoms with van der Waals surface area (Å²) in [5.74, 6) is 0.973. The first-order chi connectivity index (χ1) is 8.79. The minimum absolute atomic E-state index is 0.380. The molecule has 0 aromatic heterocycles. The Labute approximate surface area is 111 Å². The largest absolute Gasteiger partial charge is 0.494 e. The molecule has 0 spiro atoms. The molecule has 0 heterocycles. The molecule has 2 heteroatoms. The molecule has 2 rings (SSSR count). The Bertz CT molecular complexity index is 330. The molecule has 0 aliphatic heterocycles. The molecule has 1 aliphatic carbocycles. The lowest BCUT2D eigenvalue weighted by atomic mass is 9.83. The van der Waals surface area contributed by atoms with E-state index in [1.54, 1.807) is 0 Å². The highest BCUT2D eigenvalue weighted by Gasteiger charge is 2.25. The van der Waals surface area contributed by atoms with Crippen LogP contribution in [-0.2, 0) is 0 Å². The quantitative estimate of drug-likeness (QED) is 0.773. The van der Waals surface area contributed by atoms with Crippen molar-refractivity contribution < 1.29 is 4.74 Å². The molecule has 0 atom stereocenters. The number of ether oxygens (including phenoxy) is 1. The highest BCUT2D eigenvalue weighted by Crippen LogP contribution is 2.27. The van der Waals surface area contributed by atoms with Crippen LogP contribution in [0, 0.1) is 0 Å². The third kappa shape index (κ3) is 4.34. The SMILES string of the molecule is CC1(NCCCOc2ccccc2)CCCCC1. The average molecular weight is 247 g/mol. The minimum Gasteiger partial charge on any atom is -0.494 e. The zero-order chi connectivity index (χ0) is 12.7. The molecule has 1 saturated carbocycles. The van der Waals surface area contributed by atoms with Crippen LogP contribution in [0.25, 0.3) is 0 Å². The van der Waals surface area contributed by atoms with E-state index in [1.165, 1.54) is 32.1 Å². The summed E-state index contributed by atoms with van der Waals surface area (Å²) in [5.41, 5.74) is 0.380. The summed E-state index contributed by atoms with van der Waals surface area (Å²) in [4.78, 5) is 0. The second kappa shape index (κ2) is 6.79. The molecule has 1 aromatic rings. The standard InChI is InChI=1S/C16H25NO/c1-16(11-6-3-7-12-16)17-13-8-14-18-15-9-4-2-5-10-15/h2,4-5,9-10,17H,3,6-8,11-14H2,1H3. The number of benzene rings is 1. The van der Waals surface area contributed by atoms with Gasteiger partial charge in [-0.2, -0.15) is 0 Å². The smallest absolute Gasteiger partial charge is 0.119 e. The molecule has 100 valence electrons. The van der Waals surface area contributed by atoms with E-state index in [2.05, 4.69) is 12.2 Å². The van der Waals surface area contributed by atoms with E-state index in [1.807, 2.05) is 30.3 Å². The fourth-order valence-electron chi connectivity index (χ4n) is 2.68. The van der Waals surface area contributed by atoms with Gasteiger partial charge in [-0.3, -0.25) is 0 Å². The van der Waals surface area contributed by atoms with E-state index in [0.29, 0.717) is 5.54 Å². The lowest BCUT2D eigenvalue weighted by Crippen LogP contribution is -2.44. The first-order valence-electron chi connectivity index (χ1n) is 7.21. The molecule has 0 saturated heterocycles. The van der Waals surface area contributed by atoms with Gasteiger partial charge in [-0.1, -0.05) is 37.5 Å². The fraction of sp³-hybridized carbons (Fsp3) is 0.625. The molecule has 18 heavy (non-hydrogen) atoms. The third-order valence-corrected chi connectivity index (χ3v) is 3.84. The van der Waals surface area contributed by atoms with Crippen molar-refractivity contribution in [1.82, 2.24) is 5.32 Å². The first-order valence-corrected chi connectivity index (χ1v) is 7.21. The van der Waals surface area contributed by atoms with Gasteiger partial charge in [0.25, 0.3) is 0 Å². The van der Waals surface area contributed by atoms with E-state index >= 15 is 0 Å². The molecule has 0 radical (unpaired) electrons. The summed E-state index contributed by atoms with van der Waals surface area (Å²) >= 11 is 0. The second-order valence-electron chi connectivity index (χ2n) is 5.56. The molecule has 2 nitrogen and oxygen atoms in total. The molecule has 1 aliphatic rings. The van der Waals surface area contributed by atoms with Gasteiger partial charge in [0.1, 0.15) is 5.75 Å². The van der Waals surface area contributed by atoms with E-state index in [4.69, 9.17) is 4.74 Å². The molecule has 0 unspecified atom stereocenters. The number of hydrogen-bond donors (Lipinski definition) is 1. The second-order valence-corrected chi connectivity index (χ2v) is 5.56. The van der Waals surface area contributed by atoms with Crippen LogP contribution in [0.4, 0.5) is 0 Å². The van der Waals surface area contributed by atoms with Crippen LogP contribution >= 0.6 is 0 Å². The predicted octanol–water partition coefficient (Wildman–Crippen LogP) is 3.77. The van der Waals surface area contributed by atoms with Crippen molar-refractivity contribution in [1.29, 1.82) is 0 Å². The Morgan fingerprint density at radius 2 is 1.83 bits per heavy atom. The molecule has 0 amide bonds. The van der Waals surface area contributed by atoms with Crippen LogP contribution in [0.15, 0.2) is 30.3 Å². The maximum absolute atomic E-state index is 5.69. The van der Waals surface area contributed by atoms with Crippen molar-refractivity contribution in [2.45, 2.75) is 51.0 Å². The third-order valence-electron chi connectivity index (χ3n) is 3.84. The van der Waals surface area contributed by atoms with Gasteiger partial charge in [-0.15, -0.1) is 0 Å². The predicted molar refractivity (Wildman–Crippen MR) is 76.0 cm³/mol. The van der Waals surface area contributed by atoms with Crippen molar-refractivity contribution >= 4 is 0 Å². The lowest BCUT2D eigenvalue weighted by Gasteiger charge is -2.34. The Balaban J connectivity index is 1.58. The van der Waals surface area contributed by atoms with E-state index in [9.17, 15) is 0 Å². The Morgan fingerprint density at radius 3 is 2.56 bits per heavy atom. The number of rotatable bonds is 6. The Hall–Kier alpha value is -1.02. The zero-order valence-electron chi connectivity index (χ0n) is 11.5. The molecule has 1 fully saturated rings. The summed E-state index contributed by atoms with van der Waals surface area (Å²) in [6.45, 7) is 4.22. The molecule has 0 bridgehead atoms. The zero-order valence-corrected chi connectivity index (χ0v) is 11.5. The van der Waals surface area contributed by atoms with E-state index < -0.39 is 0 Å². The van der Waals surface area contributed by atoms with Gasteiger partial charge in [0.15, 0.2) is 0 Å². The molecule has 1 N–H and O–H groups in total. The molecular formula is C16H25NO. The summed E-state index contributed by atoms with van der Waals surface area (Å²) in [6.07, 6.45) is 7.89. The first kappa shape index (κ1) is 13.4. The number of nitrogens with one attached hydrogen (secondary N) is 1. The highest BCUT2D eigenvalue weighted by atomic mass is 16.5. The van der Waals surface area contributed by atoms with Crippen molar-refractivity contribution in [2.24, 2.45) is 0 Å². The van der Waals surface area contributed by atoms with Crippen molar-refractivity contribution in [3.05, 3.63) is 30.3 Å². The fourth-order valence-corrected chi connectivity index (χ4v) is 2.68. The van der Waals surface area contributed by atoms with Crippen LogP contribution in [0.2, 0.25) is 0 Å². The van der Waals surface area contributed by atoms with Crippen LogP contribution in [0.1, 0.15) is 45.4 Å². The topological polar surface area (TPSA) is 21.3 Å². The minimum atomic E-state index is 0.380. The van der Waals surface area contributed by atoms with E-state index in [-0.39, 0.29) is 0 Å². The van der Waals surface area contributed by atoms with Crippen LogP contribution in [-0.4, -0.2) is 18.7 Å². The number of hydrogen-bond acceptors (Lipinski definition) is 2. The van der Waals surface area contributed by atoms with Crippen LogP contribution in [0.3, 0.4) is 0 Å². The van der Waals surface area contributed by atoms with Gasteiger partial charge in [-0.05, 0) is 44.9 Å². The van der Waals surface area contributed by atoms with Gasteiger partial charge >= 0.3 is 0 Å². The van der Waals surface area contributed by atoms with Gasteiger partial charge < -0.3 is 10.1 Å². The van der Waals surface area contributed by atoms with Gasteiger partial charge in [0, 0.05) is 5.54 Å². The van der Waals surface area contributed by atoms with Crippen molar-refractivity contribution in [3.63, 3.8) is 0 Å². The monoisotopic (exact) mass is 247 g/mol. The molecular weight excluding hydrogens is 222 g/mol. The average Bonchev–Trinajstić information content (AvgIpc) is 2.40. The maximum Gasteiger partial charge on any atom is 0.119 e. The van der Waals surface area contributed by atoms with Crippen molar-refractivity contribution in [2.75, 3.05) is 13.2 Å². The maximum atomic E-state index is 5.69. The van der Waals surface area contributed by atoms with Crippen molar-refractivity contribution in [3.8, 4) is 5.75 Å². The lowest BCUT2D eigenvalue weighted by molar-refractivity contribution is 0.241. The summed E-state index contributed by atoms with van der Waals surface area (Å²) in [5, 5.41) is 3.70.